The molecule has 1 aromatic heterocycles. The second kappa shape index (κ2) is 5.56. The van der Waals surface area contributed by atoms with Gasteiger partial charge in [-0.15, -0.1) is 0 Å². The maximum absolute atomic E-state index is 12.4. The molecule has 0 unspecified atom stereocenters. The molecule has 22 heavy (non-hydrogen) atoms. The normalized spacial score (nSPS) is 17.3. The highest BCUT2D eigenvalue weighted by molar-refractivity contribution is 7.89. The summed E-state index contributed by atoms with van der Waals surface area (Å²) in [5.74, 6) is -1.31. The summed E-state index contributed by atoms with van der Waals surface area (Å²) in [5, 5.41) is -0.00885. The number of alkyl halides is 3. The van der Waals surface area contributed by atoms with Gasteiger partial charge >= 0.3 is 6.18 Å². The van der Waals surface area contributed by atoms with Crippen molar-refractivity contribution in [1.29, 1.82) is 0 Å². The van der Waals surface area contributed by atoms with Gasteiger partial charge in [0, 0.05) is 6.20 Å². The van der Waals surface area contributed by atoms with E-state index in [1.54, 1.807) is 0 Å². The van der Waals surface area contributed by atoms with Crippen LogP contribution >= 0.6 is 11.6 Å². The molecule has 122 valence electrons. The van der Waals surface area contributed by atoms with E-state index in [1.165, 1.54) is 0 Å². The van der Waals surface area contributed by atoms with Gasteiger partial charge in [-0.1, -0.05) is 11.6 Å². The van der Waals surface area contributed by atoms with Crippen LogP contribution in [0.1, 0.15) is 0 Å². The number of aromatic nitrogens is 1. The van der Waals surface area contributed by atoms with Gasteiger partial charge in [-0.05, 0) is 6.07 Å². The van der Waals surface area contributed by atoms with Crippen molar-refractivity contribution in [2.75, 3.05) is 25.5 Å². The van der Waals surface area contributed by atoms with Crippen LogP contribution in [0, 0.1) is 0 Å². The van der Waals surface area contributed by atoms with Crippen LogP contribution in [0.25, 0.3) is 0 Å². The van der Waals surface area contributed by atoms with Gasteiger partial charge in [0.2, 0.25) is 15.9 Å². The molecule has 1 aliphatic rings. The number of sulfonamides is 1. The lowest BCUT2D eigenvalue weighted by Crippen LogP contribution is -2.37. The number of carbonyl (C=O) groups excluding carboxylic acids is 1. The van der Waals surface area contributed by atoms with Crippen molar-refractivity contribution in [2.24, 2.45) is 0 Å². The maximum atomic E-state index is 12.4. The summed E-state index contributed by atoms with van der Waals surface area (Å²) in [6.45, 7) is -2.95. The van der Waals surface area contributed by atoms with Crippen molar-refractivity contribution in [3.05, 3.63) is 17.3 Å². The fraction of sp³-hybridized carbons (Fsp3) is 0.400. The Morgan fingerprint density at radius 1 is 1.41 bits per heavy atom. The Bertz CT molecular complexity index is 710. The van der Waals surface area contributed by atoms with Crippen LogP contribution in [-0.4, -0.2) is 54.4 Å². The first kappa shape index (κ1) is 16.8. The minimum Gasteiger partial charge on any atom is -0.383 e. The molecular formula is C10H10ClF3N4O3S. The number of hydrogen-bond donors (Lipinski definition) is 1. The van der Waals surface area contributed by atoms with Crippen LogP contribution in [0.5, 0.6) is 0 Å². The molecule has 2 rings (SSSR count). The number of nitrogen functional groups attached to an aromatic ring is 1. The van der Waals surface area contributed by atoms with Gasteiger partial charge in [-0.3, -0.25) is 4.79 Å². The second-order valence-corrected chi connectivity index (χ2v) is 6.84. The Hall–Kier alpha value is -1.59. The van der Waals surface area contributed by atoms with Crippen molar-refractivity contribution in [3.63, 3.8) is 0 Å². The molecule has 1 aromatic rings. The van der Waals surface area contributed by atoms with Crippen molar-refractivity contribution in [2.45, 2.75) is 11.1 Å². The zero-order valence-corrected chi connectivity index (χ0v) is 12.4. The van der Waals surface area contributed by atoms with Crippen LogP contribution in [0.3, 0.4) is 0 Å². The molecule has 12 heteroatoms. The van der Waals surface area contributed by atoms with Crippen LogP contribution in [0.4, 0.5) is 19.0 Å². The Morgan fingerprint density at radius 3 is 2.64 bits per heavy atom. The molecule has 1 aliphatic heterocycles. The molecule has 0 atom stereocenters. The van der Waals surface area contributed by atoms with Crippen molar-refractivity contribution >= 4 is 33.3 Å². The molecular weight excluding hydrogens is 349 g/mol. The average Bonchev–Trinajstić information content (AvgIpc) is 2.72. The summed E-state index contributed by atoms with van der Waals surface area (Å²) in [4.78, 5) is 15.1. The number of carbonyl (C=O) groups is 1. The lowest BCUT2D eigenvalue weighted by atomic mass is 10.5. The molecule has 0 bridgehead atoms. The number of amides is 1. The highest BCUT2D eigenvalue weighted by Gasteiger charge is 2.42. The topological polar surface area (TPSA) is 96.6 Å². The molecule has 1 amide bonds. The first-order valence-electron chi connectivity index (χ1n) is 5.76. The van der Waals surface area contributed by atoms with Crippen LogP contribution in [0.15, 0.2) is 17.2 Å². The maximum Gasteiger partial charge on any atom is 0.406 e. The van der Waals surface area contributed by atoms with E-state index in [-0.39, 0.29) is 10.8 Å². The van der Waals surface area contributed by atoms with Crippen molar-refractivity contribution in [3.8, 4) is 0 Å². The predicted octanol–water partition coefficient (Wildman–Crippen LogP) is 0.670. The van der Waals surface area contributed by atoms with E-state index in [2.05, 4.69) is 4.98 Å². The number of halogens is 4. The van der Waals surface area contributed by atoms with Gasteiger partial charge in [0.05, 0.1) is 18.2 Å². The summed E-state index contributed by atoms with van der Waals surface area (Å²) in [6.07, 6.45) is -3.49. The largest absolute Gasteiger partial charge is 0.406 e. The standard InChI is InChI=1S/C10H10ClF3N4O3S/c11-6-1-7(9(15)16-2-6)22(20,21)18-3-8(19)17(5-18)4-10(12,13)14/h1-2H,3-5H2,(H2,15,16). The smallest absolute Gasteiger partial charge is 0.383 e. The highest BCUT2D eigenvalue weighted by Crippen LogP contribution is 2.27. The second-order valence-electron chi connectivity index (χ2n) is 4.50. The lowest BCUT2D eigenvalue weighted by molar-refractivity contribution is -0.157. The minimum absolute atomic E-state index is 0.00885. The summed E-state index contributed by atoms with van der Waals surface area (Å²) in [7, 11) is -4.28. The molecule has 2 N–H and O–H groups in total. The number of hydrogen-bond acceptors (Lipinski definition) is 5. The van der Waals surface area contributed by atoms with Gasteiger partial charge in [-0.2, -0.15) is 17.5 Å². The molecule has 2 heterocycles. The quantitative estimate of drug-likeness (QED) is 0.856. The Kier molecular flexibility index (Phi) is 4.24. The summed E-state index contributed by atoms with van der Waals surface area (Å²) < 4.78 is 62.3. The molecule has 0 spiro atoms. The number of pyridine rings is 1. The summed E-state index contributed by atoms with van der Waals surface area (Å²) >= 11 is 5.65. The van der Waals surface area contributed by atoms with E-state index >= 15 is 0 Å². The van der Waals surface area contributed by atoms with Crippen molar-refractivity contribution < 1.29 is 26.4 Å². The fourth-order valence-electron chi connectivity index (χ4n) is 1.86. The molecule has 0 aromatic carbocycles. The van der Waals surface area contributed by atoms with E-state index in [0.717, 1.165) is 12.3 Å². The fourth-order valence-corrected chi connectivity index (χ4v) is 3.53. The molecule has 0 aliphatic carbocycles. The molecule has 7 nitrogen and oxygen atoms in total. The Morgan fingerprint density at radius 2 is 2.05 bits per heavy atom. The van der Waals surface area contributed by atoms with E-state index in [9.17, 15) is 26.4 Å². The third-order valence-corrected chi connectivity index (χ3v) is 4.84. The van der Waals surface area contributed by atoms with Crippen molar-refractivity contribution in [1.82, 2.24) is 14.2 Å². The molecule has 0 saturated carbocycles. The number of rotatable bonds is 3. The SMILES string of the molecule is Nc1ncc(Cl)cc1S(=O)(=O)N1CC(=O)N(CC(F)(F)F)C1. The first-order valence-corrected chi connectivity index (χ1v) is 7.58. The summed E-state index contributed by atoms with van der Waals surface area (Å²) in [5.41, 5.74) is 5.46. The van der Waals surface area contributed by atoms with Crippen LogP contribution in [0.2, 0.25) is 5.02 Å². The van der Waals surface area contributed by atoms with Crippen LogP contribution in [-0.2, 0) is 14.8 Å². The zero-order chi connectivity index (χ0) is 16.7. The highest BCUT2D eigenvalue weighted by atomic mass is 35.5. The molecule has 0 radical (unpaired) electrons. The zero-order valence-electron chi connectivity index (χ0n) is 10.8. The number of nitrogens with zero attached hydrogens (tertiary/aromatic N) is 3. The van der Waals surface area contributed by atoms with Gasteiger partial charge in [0.25, 0.3) is 0 Å². The average molecular weight is 359 g/mol. The predicted molar refractivity (Wildman–Crippen MR) is 70.2 cm³/mol. The van der Waals surface area contributed by atoms with E-state index in [0.29, 0.717) is 9.21 Å². The Labute approximate surface area is 128 Å². The third kappa shape index (κ3) is 3.42. The Balaban J connectivity index is 2.28. The number of nitrogens with two attached hydrogens (primary N) is 1. The number of anilines is 1. The van der Waals surface area contributed by atoms with Gasteiger partial charge < -0.3 is 10.6 Å². The van der Waals surface area contributed by atoms with Crippen LogP contribution < -0.4 is 5.73 Å². The monoisotopic (exact) mass is 358 g/mol. The third-order valence-electron chi connectivity index (χ3n) is 2.83. The van der Waals surface area contributed by atoms with E-state index in [4.69, 9.17) is 17.3 Å². The van der Waals surface area contributed by atoms with E-state index in [1.807, 2.05) is 0 Å². The summed E-state index contributed by atoms with van der Waals surface area (Å²) in [6, 6.07) is 1.02. The minimum atomic E-state index is -4.62. The molecule has 1 fully saturated rings. The van der Waals surface area contributed by atoms with Gasteiger partial charge in [0.1, 0.15) is 17.3 Å². The van der Waals surface area contributed by atoms with E-state index < -0.39 is 46.8 Å². The van der Waals surface area contributed by atoms with Gasteiger partial charge in [-0.25, -0.2) is 13.4 Å². The van der Waals surface area contributed by atoms with Gasteiger partial charge in [0.15, 0.2) is 0 Å². The molecule has 1 saturated heterocycles. The lowest BCUT2D eigenvalue weighted by Gasteiger charge is -2.19. The first-order chi connectivity index (χ1) is 10.0.